The Morgan fingerprint density at radius 3 is 3.06 bits per heavy atom. The molecule has 0 spiro atoms. The average Bonchev–Trinajstić information content (AvgIpc) is 2.28. The molecule has 17 heavy (non-hydrogen) atoms. The maximum atomic E-state index is 13.1. The fourth-order valence-corrected chi connectivity index (χ4v) is 2.17. The standard InChI is InChI=1S/C13H17FO3/c1-13(5-6-16-2)8-11(15)10-7-9(14)3-4-12(10)17-13/h3-4,7,11,15H,5-6,8H2,1-2H3/t11-,13?/m0/s1. The van der Waals surface area contributed by atoms with Crippen LogP contribution in [0.25, 0.3) is 0 Å². The van der Waals surface area contributed by atoms with E-state index < -0.39 is 11.7 Å². The van der Waals surface area contributed by atoms with Gasteiger partial charge in [0.1, 0.15) is 17.2 Å². The topological polar surface area (TPSA) is 38.7 Å². The van der Waals surface area contributed by atoms with Crippen molar-refractivity contribution in [3.05, 3.63) is 29.6 Å². The predicted molar refractivity (Wildman–Crippen MR) is 61.5 cm³/mol. The minimum Gasteiger partial charge on any atom is -0.487 e. The summed E-state index contributed by atoms with van der Waals surface area (Å²) in [4.78, 5) is 0. The van der Waals surface area contributed by atoms with Crippen molar-refractivity contribution < 1.29 is 19.0 Å². The second kappa shape index (κ2) is 4.63. The molecule has 0 amide bonds. The zero-order chi connectivity index (χ0) is 12.5. The van der Waals surface area contributed by atoms with E-state index in [1.165, 1.54) is 12.1 Å². The molecule has 1 N–H and O–H groups in total. The first-order valence-electron chi connectivity index (χ1n) is 5.69. The zero-order valence-corrected chi connectivity index (χ0v) is 10.1. The SMILES string of the molecule is COCCC1(C)C[C@H](O)c2cc(F)ccc2O1. The van der Waals surface area contributed by atoms with Crippen molar-refractivity contribution in [1.29, 1.82) is 0 Å². The van der Waals surface area contributed by atoms with E-state index in [9.17, 15) is 9.50 Å². The van der Waals surface area contributed by atoms with Crippen LogP contribution in [-0.2, 0) is 4.74 Å². The molecule has 1 aliphatic rings. The largest absolute Gasteiger partial charge is 0.487 e. The van der Waals surface area contributed by atoms with Crippen LogP contribution in [0.1, 0.15) is 31.4 Å². The van der Waals surface area contributed by atoms with Crippen molar-refractivity contribution in [2.75, 3.05) is 13.7 Å². The highest BCUT2D eigenvalue weighted by atomic mass is 19.1. The van der Waals surface area contributed by atoms with Crippen molar-refractivity contribution in [2.24, 2.45) is 0 Å². The van der Waals surface area contributed by atoms with Gasteiger partial charge in [-0.1, -0.05) is 0 Å². The third-order valence-electron chi connectivity index (χ3n) is 3.15. The first kappa shape index (κ1) is 12.3. The van der Waals surface area contributed by atoms with Crippen LogP contribution in [0.3, 0.4) is 0 Å². The molecule has 1 aromatic carbocycles. The second-order valence-corrected chi connectivity index (χ2v) is 4.70. The number of benzene rings is 1. The Labute approximate surface area is 100 Å². The fourth-order valence-electron chi connectivity index (χ4n) is 2.17. The third-order valence-corrected chi connectivity index (χ3v) is 3.15. The van der Waals surface area contributed by atoms with E-state index in [-0.39, 0.29) is 5.82 Å². The second-order valence-electron chi connectivity index (χ2n) is 4.70. The third kappa shape index (κ3) is 2.58. The summed E-state index contributed by atoms with van der Waals surface area (Å²) in [7, 11) is 1.63. The van der Waals surface area contributed by atoms with Gasteiger partial charge in [-0.15, -0.1) is 0 Å². The average molecular weight is 240 g/mol. The summed E-state index contributed by atoms with van der Waals surface area (Å²) in [6.07, 6.45) is 0.459. The molecule has 0 fully saturated rings. The molecule has 0 saturated carbocycles. The summed E-state index contributed by atoms with van der Waals surface area (Å²) in [6, 6.07) is 4.24. The molecule has 1 aliphatic heterocycles. The van der Waals surface area contributed by atoms with Crippen LogP contribution in [0, 0.1) is 5.82 Å². The number of hydrogen-bond acceptors (Lipinski definition) is 3. The lowest BCUT2D eigenvalue weighted by Gasteiger charge is -2.38. The van der Waals surface area contributed by atoms with Gasteiger partial charge in [0.15, 0.2) is 0 Å². The lowest BCUT2D eigenvalue weighted by Crippen LogP contribution is -2.39. The number of rotatable bonds is 3. The smallest absolute Gasteiger partial charge is 0.126 e. The molecule has 1 aromatic rings. The highest BCUT2D eigenvalue weighted by Crippen LogP contribution is 2.41. The van der Waals surface area contributed by atoms with Gasteiger partial charge in [-0.3, -0.25) is 0 Å². The molecule has 0 radical (unpaired) electrons. The van der Waals surface area contributed by atoms with Gasteiger partial charge < -0.3 is 14.6 Å². The van der Waals surface area contributed by atoms with E-state index in [4.69, 9.17) is 9.47 Å². The minimum atomic E-state index is -0.684. The first-order chi connectivity index (χ1) is 8.04. The van der Waals surface area contributed by atoms with Crippen molar-refractivity contribution >= 4 is 0 Å². The Morgan fingerprint density at radius 1 is 1.59 bits per heavy atom. The minimum absolute atomic E-state index is 0.355. The Hall–Kier alpha value is -1.13. The van der Waals surface area contributed by atoms with Crippen LogP contribution < -0.4 is 4.74 Å². The van der Waals surface area contributed by atoms with E-state index in [1.54, 1.807) is 13.2 Å². The monoisotopic (exact) mass is 240 g/mol. The summed E-state index contributed by atoms with van der Waals surface area (Å²) >= 11 is 0. The molecule has 1 unspecified atom stereocenters. The molecule has 94 valence electrons. The highest BCUT2D eigenvalue weighted by Gasteiger charge is 2.36. The van der Waals surface area contributed by atoms with Gasteiger partial charge in [0.25, 0.3) is 0 Å². The number of fused-ring (bicyclic) bond motifs is 1. The first-order valence-corrected chi connectivity index (χ1v) is 5.69. The maximum absolute atomic E-state index is 13.1. The molecule has 2 rings (SSSR count). The Kier molecular flexibility index (Phi) is 3.35. The van der Waals surface area contributed by atoms with Crippen LogP contribution in [0.4, 0.5) is 4.39 Å². The summed E-state index contributed by atoms with van der Waals surface area (Å²) in [5, 5.41) is 10.0. The molecular weight excluding hydrogens is 223 g/mol. The highest BCUT2D eigenvalue weighted by molar-refractivity contribution is 5.38. The van der Waals surface area contributed by atoms with Gasteiger partial charge in [-0.2, -0.15) is 0 Å². The Morgan fingerprint density at radius 2 is 2.35 bits per heavy atom. The van der Waals surface area contributed by atoms with Crippen LogP contribution in [0.5, 0.6) is 5.75 Å². The van der Waals surface area contributed by atoms with Crippen LogP contribution in [0.15, 0.2) is 18.2 Å². The molecular formula is C13H17FO3. The van der Waals surface area contributed by atoms with E-state index in [2.05, 4.69) is 0 Å². The number of methoxy groups -OCH3 is 1. The lowest BCUT2D eigenvalue weighted by molar-refractivity contribution is -0.0204. The van der Waals surface area contributed by atoms with Gasteiger partial charge in [-0.25, -0.2) is 4.39 Å². The van der Waals surface area contributed by atoms with E-state index in [0.717, 1.165) is 0 Å². The zero-order valence-electron chi connectivity index (χ0n) is 10.1. The molecule has 3 nitrogen and oxygen atoms in total. The van der Waals surface area contributed by atoms with Gasteiger partial charge in [0.2, 0.25) is 0 Å². The summed E-state index contributed by atoms with van der Waals surface area (Å²) in [6.45, 7) is 2.50. The molecule has 1 heterocycles. The molecule has 0 aliphatic carbocycles. The fraction of sp³-hybridized carbons (Fsp3) is 0.538. The van der Waals surface area contributed by atoms with E-state index >= 15 is 0 Å². The number of ether oxygens (including phenoxy) is 2. The predicted octanol–water partition coefficient (Wildman–Crippen LogP) is 2.44. The van der Waals surface area contributed by atoms with Crippen LogP contribution >= 0.6 is 0 Å². The Bertz CT molecular complexity index is 408. The molecule has 0 saturated heterocycles. The quantitative estimate of drug-likeness (QED) is 0.882. The molecule has 4 heteroatoms. The van der Waals surface area contributed by atoms with Crippen molar-refractivity contribution in [3.63, 3.8) is 0 Å². The van der Waals surface area contributed by atoms with Gasteiger partial charge in [0.05, 0.1) is 6.10 Å². The summed E-state index contributed by atoms with van der Waals surface area (Å²) in [5.41, 5.74) is 0.0696. The number of aliphatic hydroxyl groups is 1. The van der Waals surface area contributed by atoms with Gasteiger partial charge in [-0.05, 0) is 25.1 Å². The molecule has 0 aromatic heterocycles. The lowest BCUT2D eigenvalue weighted by atomic mass is 9.88. The van der Waals surface area contributed by atoms with Crippen molar-refractivity contribution in [2.45, 2.75) is 31.5 Å². The van der Waals surface area contributed by atoms with E-state index in [1.807, 2.05) is 6.92 Å². The normalized spacial score (nSPS) is 27.4. The van der Waals surface area contributed by atoms with Crippen molar-refractivity contribution in [3.8, 4) is 5.75 Å². The van der Waals surface area contributed by atoms with E-state index in [0.29, 0.717) is 30.8 Å². The summed E-state index contributed by atoms with van der Waals surface area (Å²) in [5.74, 6) is 0.204. The number of hydrogen-bond donors (Lipinski definition) is 1. The van der Waals surface area contributed by atoms with Gasteiger partial charge in [0, 0.05) is 32.1 Å². The molecule has 0 bridgehead atoms. The van der Waals surface area contributed by atoms with Crippen LogP contribution in [0.2, 0.25) is 0 Å². The summed E-state index contributed by atoms with van der Waals surface area (Å²) < 4.78 is 23.9. The molecule has 2 atom stereocenters. The van der Waals surface area contributed by atoms with Crippen molar-refractivity contribution in [1.82, 2.24) is 0 Å². The Balaban J connectivity index is 2.23. The maximum Gasteiger partial charge on any atom is 0.126 e. The number of halogens is 1. The number of aliphatic hydroxyl groups excluding tert-OH is 1. The van der Waals surface area contributed by atoms with Crippen LogP contribution in [-0.4, -0.2) is 24.4 Å². The van der Waals surface area contributed by atoms with Gasteiger partial charge >= 0.3 is 0 Å².